The summed E-state index contributed by atoms with van der Waals surface area (Å²) in [6.07, 6.45) is 3.44. The molecule has 0 spiro atoms. The lowest BCUT2D eigenvalue weighted by molar-refractivity contribution is -0.116. The number of primary amides is 1. The number of hydrogen-bond acceptors (Lipinski definition) is 3. The number of carbonyl (C=O) groups is 2. The number of halogens is 1. The molecule has 1 aliphatic carbocycles. The Bertz CT molecular complexity index is 1020. The van der Waals surface area contributed by atoms with Gasteiger partial charge in [-0.3, -0.25) is 9.59 Å². The summed E-state index contributed by atoms with van der Waals surface area (Å²) in [4.78, 5) is 26.5. The third-order valence-electron chi connectivity index (χ3n) is 5.56. The van der Waals surface area contributed by atoms with E-state index in [1.165, 1.54) is 6.07 Å². The topological polar surface area (TPSA) is 88.0 Å². The van der Waals surface area contributed by atoms with E-state index in [-0.39, 0.29) is 23.3 Å². The Morgan fingerprint density at radius 2 is 2.14 bits per heavy atom. The molecule has 1 fully saturated rings. The van der Waals surface area contributed by atoms with Crippen molar-refractivity contribution in [2.24, 2.45) is 5.73 Å². The van der Waals surface area contributed by atoms with Crippen LogP contribution in [0, 0.1) is 31.5 Å². The molecule has 3 rings (SSSR count). The normalized spacial score (nSPS) is 18.5. The molecule has 154 valence electrons. The van der Waals surface area contributed by atoms with Crippen molar-refractivity contribution < 1.29 is 14.0 Å². The van der Waals surface area contributed by atoms with Gasteiger partial charge in [-0.15, -0.1) is 0 Å². The number of hydrogen-bond donors (Lipinski definition) is 3. The molecule has 1 aliphatic rings. The van der Waals surface area contributed by atoms with Gasteiger partial charge in [0.05, 0.1) is 11.1 Å². The predicted molar refractivity (Wildman–Crippen MR) is 115 cm³/mol. The standard InChI is InChI=1S/C22H26FN3O2S/c1-4-5-19(27)26-14-6-7-15(10-14)29-9-8-16-18(23)11-17(22(24)28)21-20(16)12(2)13(3)25-21/h11,14-15,25H,6-10H2,1-3H3,(H2,24,28)(H,26,27). The molecule has 2 atom stereocenters. The highest BCUT2D eigenvalue weighted by atomic mass is 32.2. The van der Waals surface area contributed by atoms with Crippen LogP contribution in [0.3, 0.4) is 0 Å². The van der Waals surface area contributed by atoms with Crippen LogP contribution in [0.1, 0.15) is 53.4 Å². The monoisotopic (exact) mass is 415 g/mol. The van der Waals surface area contributed by atoms with Crippen molar-refractivity contribution in [1.82, 2.24) is 10.3 Å². The van der Waals surface area contributed by atoms with Crippen molar-refractivity contribution in [3.8, 4) is 11.8 Å². The van der Waals surface area contributed by atoms with E-state index in [1.807, 2.05) is 25.6 Å². The number of nitrogens with one attached hydrogen (secondary N) is 2. The molecule has 4 N–H and O–H groups in total. The number of aryl methyl sites for hydroxylation is 3. The van der Waals surface area contributed by atoms with E-state index in [2.05, 4.69) is 22.1 Å². The smallest absolute Gasteiger partial charge is 0.296 e. The number of aromatic amines is 1. The molecule has 0 bridgehead atoms. The fourth-order valence-corrected chi connectivity index (χ4v) is 5.35. The first-order valence-corrected chi connectivity index (χ1v) is 10.8. The van der Waals surface area contributed by atoms with Gasteiger partial charge in [-0.1, -0.05) is 5.92 Å². The lowest BCUT2D eigenvalue weighted by atomic mass is 9.99. The second kappa shape index (κ2) is 8.91. The molecular weight excluding hydrogens is 389 g/mol. The number of aromatic nitrogens is 1. The summed E-state index contributed by atoms with van der Waals surface area (Å²) in [6.45, 7) is 5.48. The average Bonchev–Trinajstić information content (AvgIpc) is 3.21. The summed E-state index contributed by atoms with van der Waals surface area (Å²) in [7, 11) is 0. The first-order valence-electron chi connectivity index (χ1n) is 9.76. The lowest BCUT2D eigenvalue weighted by Crippen LogP contribution is -2.32. The molecule has 1 aromatic carbocycles. The molecule has 1 heterocycles. The van der Waals surface area contributed by atoms with Crippen LogP contribution in [0.4, 0.5) is 4.39 Å². The van der Waals surface area contributed by atoms with E-state index >= 15 is 0 Å². The molecule has 7 heteroatoms. The zero-order chi connectivity index (χ0) is 21.1. The van der Waals surface area contributed by atoms with Gasteiger partial charge in [-0.05, 0) is 75.3 Å². The molecule has 1 saturated carbocycles. The van der Waals surface area contributed by atoms with Crippen LogP contribution in [0.25, 0.3) is 10.9 Å². The highest BCUT2D eigenvalue weighted by molar-refractivity contribution is 7.99. The van der Waals surface area contributed by atoms with Crippen LogP contribution in [0.5, 0.6) is 0 Å². The predicted octanol–water partition coefficient (Wildman–Crippen LogP) is 3.36. The molecule has 29 heavy (non-hydrogen) atoms. The van der Waals surface area contributed by atoms with Crippen molar-refractivity contribution in [3.05, 3.63) is 34.3 Å². The van der Waals surface area contributed by atoms with E-state index < -0.39 is 5.91 Å². The molecule has 2 amide bonds. The maximum atomic E-state index is 14.8. The van der Waals surface area contributed by atoms with Gasteiger partial charge in [0.2, 0.25) is 0 Å². The summed E-state index contributed by atoms with van der Waals surface area (Å²) >= 11 is 1.81. The molecular formula is C22H26FN3O2S. The van der Waals surface area contributed by atoms with Crippen LogP contribution in [-0.4, -0.2) is 33.8 Å². The van der Waals surface area contributed by atoms with Gasteiger partial charge in [0.15, 0.2) is 0 Å². The number of nitrogens with two attached hydrogens (primary N) is 1. The minimum atomic E-state index is -0.636. The van der Waals surface area contributed by atoms with Gasteiger partial charge in [0, 0.05) is 22.4 Å². The number of H-pyrrole nitrogens is 1. The van der Waals surface area contributed by atoms with Gasteiger partial charge < -0.3 is 16.0 Å². The summed E-state index contributed by atoms with van der Waals surface area (Å²) in [6, 6.07) is 1.41. The Hall–Kier alpha value is -2.46. The number of rotatable bonds is 6. The zero-order valence-electron chi connectivity index (χ0n) is 16.9. The second-order valence-corrected chi connectivity index (χ2v) is 8.88. The van der Waals surface area contributed by atoms with Crippen molar-refractivity contribution in [3.63, 3.8) is 0 Å². The third kappa shape index (κ3) is 4.59. The highest BCUT2D eigenvalue weighted by Gasteiger charge is 2.26. The molecule has 2 unspecified atom stereocenters. The second-order valence-electron chi connectivity index (χ2n) is 7.47. The van der Waals surface area contributed by atoms with Crippen LogP contribution in [0.2, 0.25) is 0 Å². The van der Waals surface area contributed by atoms with Gasteiger partial charge in [0.1, 0.15) is 5.82 Å². The molecule has 0 saturated heterocycles. The van der Waals surface area contributed by atoms with Crippen LogP contribution in [0.15, 0.2) is 6.07 Å². The molecule has 2 aromatic rings. The highest BCUT2D eigenvalue weighted by Crippen LogP contribution is 2.33. The van der Waals surface area contributed by atoms with E-state index in [4.69, 9.17) is 5.73 Å². The minimum Gasteiger partial charge on any atom is -0.366 e. The number of thioether (sulfide) groups is 1. The summed E-state index contributed by atoms with van der Waals surface area (Å²) in [5.74, 6) is 4.64. The maximum Gasteiger partial charge on any atom is 0.296 e. The van der Waals surface area contributed by atoms with Crippen LogP contribution in [-0.2, 0) is 11.2 Å². The summed E-state index contributed by atoms with van der Waals surface area (Å²) < 4.78 is 14.8. The number of benzene rings is 1. The van der Waals surface area contributed by atoms with Crippen molar-refractivity contribution >= 4 is 34.5 Å². The quantitative estimate of drug-likeness (QED) is 0.632. The first kappa shape index (κ1) is 21.3. The summed E-state index contributed by atoms with van der Waals surface area (Å²) in [5.41, 5.74) is 8.73. The first-order chi connectivity index (χ1) is 13.8. The fourth-order valence-electron chi connectivity index (χ4n) is 4.03. The molecule has 0 radical (unpaired) electrons. The van der Waals surface area contributed by atoms with E-state index in [9.17, 15) is 14.0 Å². The Labute approximate surface area is 174 Å². The zero-order valence-corrected chi connectivity index (χ0v) is 17.8. The SMILES string of the molecule is CC#CC(=O)NC1CCC(SCCc2c(F)cc(C(N)=O)c3[nH]c(C)c(C)c23)C1. The van der Waals surface area contributed by atoms with Gasteiger partial charge in [0.25, 0.3) is 11.8 Å². The van der Waals surface area contributed by atoms with Crippen molar-refractivity contribution in [2.45, 2.75) is 57.7 Å². The molecule has 1 aromatic heterocycles. The molecule has 0 aliphatic heterocycles. The number of carbonyl (C=O) groups excluding carboxylic acids is 2. The fraction of sp³-hybridized carbons (Fsp3) is 0.455. The largest absolute Gasteiger partial charge is 0.366 e. The average molecular weight is 416 g/mol. The third-order valence-corrected chi connectivity index (χ3v) is 6.90. The maximum absolute atomic E-state index is 14.8. The van der Waals surface area contributed by atoms with Crippen LogP contribution < -0.4 is 11.1 Å². The number of amides is 2. The van der Waals surface area contributed by atoms with Crippen LogP contribution >= 0.6 is 11.8 Å². The van der Waals surface area contributed by atoms with E-state index in [0.717, 1.165) is 41.7 Å². The Balaban J connectivity index is 1.68. The minimum absolute atomic E-state index is 0.161. The van der Waals surface area contributed by atoms with Crippen molar-refractivity contribution in [2.75, 3.05) is 5.75 Å². The van der Waals surface area contributed by atoms with Gasteiger partial charge >= 0.3 is 0 Å². The Morgan fingerprint density at radius 1 is 1.38 bits per heavy atom. The Kier molecular flexibility index (Phi) is 6.53. The molecule has 5 nitrogen and oxygen atoms in total. The Morgan fingerprint density at radius 3 is 2.83 bits per heavy atom. The van der Waals surface area contributed by atoms with E-state index in [0.29, 0.717) is 22.8 Å². The lowest BCUT2D eigenvalue weighted by Gasteiger charge is -2.13. The van der Waals surface area contributed by atoms with Gasteiger partial charge in [-0.25, -0.2) is 4.39 Å². The van der Waals surface area contributed by atoms with Crippen molar-refractivity contribution in [1.29, 1.82) is 0 Å². The van der Waals surface area contributed by atoms with E-state index in [1.54, 1.807) is 6.92 Å². The van der Waals surface area contributed by atoms with Gasteiger partial charge in [-0.2, -0.15) is 11.8 Å². The number of fused-ring (bicyclic) bond motifs is 1. The summed E-state index contributed by atoms with van der Waals surface area (Å²) in [5, 5.41) is 4.15.